The minimum Gasteiger partial charge on any atom is -0.741 e. The predicted molar refractivity (Wildman–Crippen MR) is 135 cm³/mol. The molecule has 5 nitrogen and oxygen atoms in total. The van der Waals surface area contributed by atoms with Crippen LogP contribution in [0, 0.1) is 6.92 Å². The van der Waals surface area contributed by atoms with Crippen LogP contribution in [0.2, 0.25) is 0 Å². The van der Waals surface area contributed by atoms with Crippen LogP contribution in [0.1, 0.15) is 5.56 Å². The van der Waals surface area contributed by atoms with Crippen molar-refractivity contribution in [3.63, 3.8) is 0 Å². The standard InChI is InChI=1S/C27H22NO.CHF3O3S/c1-19-10-12-21(13-11-19)27-18-22-6-3-4-7-24(22)26-9-5-8-25(28(26)27)20-14-16-23(29-2)17-15-20;2-1(3,4)8(5,6)7/h3-18H,1-2H3;(H,5,6,7)/q+1;/p-1. The van der Waals surface area contributed by atoms with Crippen molar-refractivity contribution in [3.8, 4) is 28.3 Å². The van der Waals surface area contributed by atoms with Gasteiger partial charge >= 0.3 is 5.51 Å². The zero-order valence-electron chi connectivity index (χ0n) is 19.9. The van der Waals surface area contributed by atoms with Crippen molar-refractivity contribution in [1.82, 2.24) is 0 Å². The average molecular weight is 526 g/mol. The Labute approximate surface area is 212 Å². The third kappa shape index (κ3) is 5.58. The predicted octanol–water partition coefficient (Wildman–Crippen LogP) is 6.28. The first-order valence-corrected chi connectivity index (χ1v) is 12.5. The molecule has 2 heterocycles. The van der Waals surface area contributed by atoms with Crippen molar-refractivity contribution >= 4 is 26.4 Å². The van der Waals surface area contributed by atoms with Crippen LogP contribution in [-0.4, -0.2) is 25.6 Å². The smallest absolute Gasteiger partial charge is 0.485 e. The number of aromatic nitrogens is 1. The second-order valence-corrected chi connectivity index (χ2v) is 9.61. The van der Waals surface area contributed by atoms with E-state index in [0.29, 0.717) is 0 Å². The van der Waals surface area contributed by atoms with Crippen LogP contribution in [0.15, 0.2) is 97.1 Å². The highest BCUT2D eigenvalue weighted by atomic mass is 32.2. The van der Waals surface area contributed by atoms with Gasteiger partial charge in [-0.1, -0.05) is 35.9 Å². The number of halogens is 3. The number of benzene rings is 3. The third-order valence-electron chi connectivity index (χ3n) is 5.78. The molecule has 9 heteroatoms. The molecule has 0 spiro atoms. The fourth-order valence-electron chi connectivity index (χ4n) is 3.97. The summed E-state index contributed by atoms with van der Waals surface area (Å²) in [5.74, 6) is 0.864. The fraction of sp³-hybridized carbons (Fsp3) is 0.107. The molecule has 2 aromatic heterocycles. The number of ether oxygens (including phenoxy) is 1. The SMILES string of the molecule is COc1ccc(-c2cccc3c4ccccc4cc(-c4ccc(C)cc4)[n+]23)cc1.O=S(=O)([O-])C(F)(F)F. The molecule has 37 heavy (non-hydrogen) atoms. The monoisotopic (exact) mass is 525 g/mol. The highest BCUT2D eigenvalue weighted by Crippen LogP contribution is 2.28. The van der Waals surface area contributed by atoms with E-state index in [9.17, 15) is 13.2 Å². The van der Waals surface area contributed by atoms with Crippen molar-refractivity contribution in [2.24, 2.45) is 0 Å². The zero-order chi connectivity index (χ0) is 26.8. The number of aryl methyl sites for hydroxylation is 1. The lowest BCUT2D eigenvalue weighted by atomic mass is 10.0. The van der Waals surface area contributed by atoms with Gasteiger partial charge in [-0.2, -0.15) is 17.6 Å². The second kappa shape index (κ2) is 10.2. The molecular formula is C28H22F3NO4S. The summed E-state index contributed by atoms with van der Waals surface area (Å²) >= 11 is 0. The van der Waals surface area contributed by atoms with E-state index in [-0.39, 0.29) is 0 Å². The molecular weight excluding hydrogens is 503 g/mol. The second-order valence-electron chi connectivity index (χ2n) is 8.24. The maximum Gasteiger partial charge on any atom is 0.485 e. The van der Waals surface area contributed by atoms with Crippen LogP contribution >= 0.6 is 0 Å². The van der Waals surface area contributed by atoms with Gasteiger partial charge in [0.1, 0.15) is 5.75 Å². The van der Waals surface area contributed by atoms with E-state index in [4.69, 9.17) is 17.7 Å². The molecule has 0 aliphatic rings. The summed E-state index contributed by atoms with van der Waals surface area (Å²) < 4.78 is 66.6. The van der Waals surface area contributed by atoms with Crippen LogP contribution in [0.5, 0.6) is 5.75 Å². The van der Waals surface area contributed by atoms with E-state index in [0.717, 1.165) is 17.0 Å². The van der Waals surface area contributed by atoms with Gasteiger partial charge in [-0.3, -0.25) is 0 Å². The minimum absolute atomic E-state index is 0.864. The summed E-state index contributed by atoms with van der Waals surface area (Å²) in [5.41, 5.74) is 1.53. The lowest BCUT2D eigenvalue weighted by molar-refractivity contribution is -0.485. The first kappa shape index (κ1) is 26.1. The largest absolute Gasteiger partial charge is 0.741 e. The van der Waals surface area contributed by atoms with Gasteiger partial charge in [0.05, 0.1) is 12.5 Å². The molecule has 0 saturated carbocycles. The normalized spacial score (nSPS) is 11.7. The summed E-state index contributed by atoms with van der Waals surface area (Å²) in [5, 5.41) is 2.49. The molecule has 0 aliphatic carbocycles. The highest BCUT2D eigenvalue weighted by Gasteiger charge is 2.36. The molecule has 0 bridgehead atoms. The molecule has 0 amide bonds. The van der Waals surface area contributed by atoms with Crippen LogP contribution in [0.4, 0.5) is 13.2 Å². The lowest BCUT2D eigenvalue weighted by Crippen LogP contribution is -2.28. The Morgan fingerprint density at radius 1 is 0.784 bits per heavy atom. The number of hydrogen-bond acceptors (Lipinski definition) is 4. The first-order valence-electron chi connectivity index (χ1n) is 11.1. The molecule has 3 aromatic carbocycles. The molecule has 0 radical (unpaired) electrons. The number of hydrogen-bond donors (Lipinski definition) is 0. The topological polar surface area (TPSA) is 70.5 Å². The summed E-state index contributed by atoms with van der Waals surface area (Å²) in [6.45, 7) is 2.12. The van der Waals surface area contributed by atoms with Gasteiger partial charge in [-0.05, 0) is 60.8 Å². The van der Waals surface area contributed by atoms with E-state index in [1.54, 1.807) is 7.11 Å². The number of methoxy groups -OCH3 is 1. The number of fused-ring (bicyclic) bond motifs is 3. The number of alkyl halides is 3. The number of nitrogens with zero attached hydrogens (tertiary/aromatic N) is 1. The summed E-state index contributed by atoms with van der Waals surface area (Å²) in [4.78, 5) is 0. The van der Waals surface area contributed by atoms with Crippen LogP contribution in [-0.2, 0) is 10.1 Å². The van der Waals surface area contributed by atoms with Gasteiger partial charge in [0.15, 0.2) is 10.1 Å². The Morgan fingerprint density at radius 2 is 1.35 bits per heavy atom. The van der Waals surface area contributed by atoms with Crippen LogP contribution < -0.4 is 9.14 Å². The number of pyridine rings is 2. The maximum atomic E-state index is 10.7. The van der Waals surface area contributed by atoms with Crippen LogP contribution in [0.25, 0.3) is 38.8 Å². The Balaban J connectivity index is 0.000000349. The van der Waals surface area contributed by atoms with Crippen LogP contribution in [0.3, 0.4) is 0 Å². The lowest BCUT2D eigenvalue weighted by Gasteiger charge is -2.09. The van der Waals surface area contributed by atoms with Crippen molar-refractivity contribution in [2.75, 3.05) is 7.11 Å². The maximum absolute atomic E-state index is 10.7. The summed E-state index contributed by atoms with van der Waals surface area (Å²) in [6.07, 6.45) is 0. The molecule has 0 atom stereocenters. The molecule has 0 aliphatic heterocycles. The molecule has 190 valence electrons. The van der Waals surface area contributed by atoms with Gasteiger partial charge in [-0.15, -0.1) is 0 Å². The van der Waals surface area contributed by atoms with E-state index >= 15 is 0 Å². The Hall–Kier alpha value is -3.95. The Bertz CT molecular complexity index is 1670. The van der Waals surface area contributed by atoms with Gasteiger partial charge in [0.25, 0.3) is 0 Å². The van der Waals surface area contributed by atoms with Gasteiger partial charge in [-0.25, -0.2) is 8.42 Å². The van der Waals surface area contributed by atoms with E-state index in [1.807, 2.05) is 12.1 Å². The summed E-state index contributed by atoms with van der Waals surface area (Å²) in [7, 11) is -4.39. The average Bonchev–Trinajstić information content (AvgIpc) is 2.87. The molecule has 5 rings (SSSR count). The molecule has 0 N–H and O–H groups in total. The van der Waals surface area contributed by atoms with Crippen molar-refractivity contribution < 1.29 is 35.3 Å². The van der Waals surface area contributed by atoms with Crippen molar-refractivity contribution in [2.45, 2.75) is 12.4 Å². The van der Waals surface area contributed by atoms with Gasteiger partial charge in [0, 0.05) is 29.3 Å². The van der Waals surface area contributed by atoms with Crippen molar-refractivity contribution in [1.29, 1.82) is 0 Å². The zero-order valence-corrected chi connectivity index (χ0v) is 20.7. The number of rotatable bonds is 3. The van der Waals surface area contributed by atoms with E-state index in [2.05, 4.69) is 96.3 Å². The molecule has 0 saturated heterocycles. The first-order chi connectivity index (χ1) is 17.5. The Morgan fingerprint density at radius 3 is 1.95 bits per heavy atom. The Kier molecular flexibility index (Phi) is 7.20. The fourth-order valence-corrected chi connectivity index (χ4v) is 3.97. The molecule has 5 aromatic rings. The van der Waals surface area contributed by atoms with Gasteiger partial charge < -0.3 is 9.29 Å². The van der Waals surface area contributed by atoms with Crippen molar-refractivity contribution in [3.05, 3.63) is 103 Å². The van der Waals surface area contributed by atoms with Gasteiger partial charge in [0.2, 0.25) is 16.9 Å². The quantitative estimate of drug-likeness (QED) is 0.120. The highest BCUT2D eigenvalue weighted by molar-refractivity contribution is 7.86. The third-order valence-corrected chi connectivity index (χ3v) is 6.34. The van der Waals surface area contributed by atoms with E-state index in [1.165, 1.54) is 33.1 Å². The molecule has 0 unspecified atom stereocenters. The van der Waals surface area contributed by atoms with E-state index < -0.39 is 15.6 Å². The minimum atomic E-state index is -6.09. The molecule has 0 fully saturated rings. The summed E-state index contributed by atoms with van der Waals surface area (Å²) in [6, 6.07) is 34.4.